The van der Waals surface area contributed by atoms with Crippen molar-refractivity contribution in [2.24, 2.45) is 11.7 Å². The predicted molar refractivity (Wildman–Crippen MR) is 101 cm³/mol. The fourth-order valence-corrected chi connectivity index (χ4v) is 2.25. The van der Waals surface area contributed by atoms with E-state index in [-0.39, 0.29) is 6.42 Å². The van der Waals surface area contributed by atoms with Crippen LogP contribution in [0.4, 0.5) is 0 Å². The van der Waals surface area contributed by atoms with Gasteiger partial charge in [0.15, 0.2) is 0 Å². The molecule has 4 atom stereocenters. The fraction of sp³-hybridized carbons (Fsp3) is 0.647. The summed E-state index contributed by atoms with van der Waals surface area (Å²) in [5, 5.41) is 33.2. The molecule has 8 N–H and O–H groups in total. The van der Waals surface area contributed by atoms with Gasteiger partial charge >= 0.3 is 17.9 Å². The van der Waals surface area contributed by atoms with Gasteiger partial charge in [0.2, 0.25) is 17.7 Å². The quantitative estimate of drug-likeness (QED) is 0.167. The van der Waals surface area contributed by atoms with E-state index >= 15 is 0 Å². The van der Waals surface area contributed by atoms with Gasteiger partial charge in [-0.3, -0.25) is 28.8 Å². The molecule has 0 saturated heterocycles. The summed E-state index contributed by atoms with van der Waals surface area (Å²) in [6.45, 7) is 4.34. The van der Waals surface area contributed by atoms with Crippen molar-refractivity contribution >= 4 is 35.6 Å². The Balaban J connectivity index is 5.34. The lowest BCUT2D eigenvalue weighted by Gasteiger charge is -2.26. The monoisotopic (exact) mass is 432 g/mol. The number of carboxylic acids is 3. The average molecular weight is 432 g/mol. The van der Waals surface area contributed by atoms with Crippen LogP contribution in [0.25, 0.3) is 0 Å². The van der Waals surface area contributed by atoms with E-state index in [4.69, 9.17) is 21.1 Å². The number of hydrogen-bond acceptors (Lipinski definition) is 7. The molecule has 0 aliphatic rings. The van der Waals surface area contributed by atoms with Crippen molar-refractivity contribution in [3.8, 4) is 0 Å². The van der Waals surface area contributed by atoms with Gasteiger partial charge in [-0.1, -0.05) is 13.8 Å². The molecule has 0 aliphatic carbocycles. The normalized spacial score (nSPS) is 14.7. The number of carbonyl (C=O) groups is 6. The smallest absolute Gasteiger partial charge is 0.325 e. The summed E-state index contributed by atoms with van der Waals surface area (Å²) < 4.78 is 0. The first-order valence-corrected chi connectivity index (χ1v) is 9.09. The maximum Gasteiger partial charge on any atom is 0.325 e. The third-order valence-electron chi connectivity index (χ3n) is 3.99. The molecule has 0 spiro atoms. The van der Waals surface area contributed by atoms with Crippen molar-refractivity contribution in [1.82, 2.24) is 16.0 Å². The Morgan fingerprint density at radius 2 is 1.37 bits per heavy atom. The van der Waals surface area contributed by atoms with E-state index in [9.17, 15) is 28.8 Å². The second-order valence-electron chi connectivity index (χ2n) is 7.00. The molecule has 0 aromatic carbocycles. The Bertz CT molecular complexity index is 680. The molecule has 0 unspecified atom stereocenters. The van der Waals surface area contributed by atoms with Crippen LogP contribution in [0.1, 0.15) is 40.0 Å². The molecule has 13 heteroatoms. The number of nitrogens with two attached hydrogens (primary N) is 1. The maximum atomic E-state index is 12.6. The van der Waals surface area contributed by atoms with Gasteiger partial charge in [-0.2, -0.15) is 0 Å². The molecule has 13 nitrogen and oxygen atoms in total. The van der Waals surface area contributed by atoms with Crippen molar-refractivity contribution in [3.63, 3.8) is 0 Å². The molecular weight excluding hydrogens is 404 g/mol. The Hall–Kier alpha value is -3.22. The van der Waals surface area contributed by atoms with E-state index in [0.29, 0.717) is 0 Å². The van der Waals surface area contributed by atoms with Crippen molar-refractivity contribution in [2.45, 2.75) is 64.2 Å². The first kappa shape index (κ1) is 26.8. The van der Waals surface area contributed by atoms with E-state index in [1.807, 2.05) is 0 Å². The Labute approximate surface area is 172 Å². The molecule has 0 bridgehead atoms. The summed E-state index contributed by atoms with van der Waals surface area (Å²) in [4.78, 5) is 69.4. The van der Waals surface area contributed by atoms with Crippen molar-refractivity contribution in [1.29, 1.82) is 0 Å². The van der Waals surface area contributed by atoms with Crippen LogP contribution < -0.4 is 21.7 Å². The Morgan fingerprint density at radius 1 is 0.800 bits per heavy atom. The SMILES string of the molecule is CC(C)[C@H](NC(=O)[C@@H](N)CC(=O)O)C(=O)N[C@@H](CCC(=O)O)C(=O)N[C@@H](C)C(=O)O. The van der Waals surface area contributed by atoms with Crippen LogP contribution in [0.2, 0.25) is 0 Å². The largest absolute Gasteiger partial charge is 0.481 e. The molecule has 0 aliphatic heterocycles. The zero-order valence-electron chi connectivity index (χ0n) is 16.9. The number of rotatable bonds is 13. The minimum absolute atomic E-state index is 0.323. The van der Waals surface area contributed by atoms with Crippen LogP contribution in [-0.2, 0) is 28.8 Å². The first-order chi connectivity index (χ1) is 13.8. The molecule has 0 rings (SSSR count). The lowest BCUT2D eigenvalue weighted by molar-refractivity contribution is -0.142. The van der Waals surface area contributed by atoms with Gasteiger partial charge in [-0.25, -0.2) is 0 Å². The zero-order valence-corrected chi connectivity index (χ0v) is 16.9. The third-order valence-corrected chi connectivity index (χ3v) is 3.99. The van der Waals surface area contributed by atoms with Crippen LogP contribution in [0.15, 0.2) is 0 Å². The van der Waals surface area contributed by atoms with E-state index < -0.39 is 78.6 Å². The third kappa shape index (κ3) is 9.82. The molecule has 0 fully saturated rings. The van der Waals surface area contributed by atoms with Gasteiger partial charge in [0.1, 0.15) is 18.1 Å². The molecule has 3 amide bonds. The van der Waals surface area contributed by atoms with Gasteiger partial charge in [-0.05, 0) is 19.3 Å². The Morgan fingerprint density at radius 3 is 1.80 bits per heavy atom. The standard InChI is InChI=1S/C17H28N4O9/c1-7(2)13(21-14(26)9(18)6-12(24)25)16(28)20-10(4-5-11(22)23)15(27)19-8(3)17(29)30/h7-10,13H,4-6,18H2,1-3H3,(H,19,27)(H,20,28)(H,21,26)(H,22,23)(H,24,25)(H,29,30)/t8-,9-,10-,13-/m0/s1. The van der Waals surface area contributed by atoms with Gasteiger partial charge in [0, 0.05) is 6.42 Å². The van der Waals surface area contributed by atoms with E-state index in [2.05, 4.69) is 16.0 Å². The second kappa shape index (κ2) is 12.4. The number of hydrogen-bond donors (Lipinski definition) is 7. The van der Waals surface area contributed by atoms with Crippen LogP contribution in [0, 0.1) is 5.92 Å². The summed E-state index contributed by atoms with van der Waals surface area (Å²) in [5.74, 6) is -7.00. The minimum atomic E-state index is -1.40. The van der Waals surface area contributed by atoms with E-state index in [0.717, 1.165) is 0 Å². The number of carbonyl (C=O) groups excluding carboxylic acids is 3. The van der Waals surface area contributed by atoms with Crippen molar-refractivity contribution in [2.75, 3.05) is 0 Å². The topological polar surface area (TPSA) is 225 Å². The summed E-state index contributed by atoms with van der Waals surface area (Å²) >= 11 is 0. The maximum absolute atomic E-state index is 12.6. The lowest BCUT2D eigenvalue weighted by atomic mass is 10.0. The number of amides is 3. The van der Waals surface area contributed by atoms with E-state index in [1.165, 1.54) is 6.92 Å². The molecule has 170 valence electrons. The second-order valence-corrected chi connectivity index (χ2v) is 7.00. The van der Waals surface area contributed by atoms with Crippen molar-refractivity contribution in [3.05, 3.63) is 0 Å². The molecule has 0 saturated carbocycles. The van der Waals surface area contributed by atoms with Crippen LogP contribution >= 0.6 is 0 Å². The highest BCUT2D eigenvalue weighted by atomic mass is 16.4. The highest BCUT2D eigenvalue weighted by molar-refractivity contribution is 5.95. The van der Waals surface area contributed by atoms with Crippen LogP contribution in [0.3, 0.4) is 0 Å². The molecule has 0 radical (unpaired) electrons. The van der Waals surface area contributed by atoms with Gasteiger partial charge in [0.05, 0.1) is 12.5 Å². The molecule has 0 aromatic rings. The van der Waals surface area contributed by atoms with Gasteiger partial charge < -0.3 is 37.0 Å². The summed E-state index contributed by atoms with van der Waals surface area (Å²) in [6, 6.07) is -5.26. The van der Waals surface area contributed by atoms with E-state index in [1.54, 1.807) is 13.8 Å². The number of aliphatic carboxylic acids is 3. The summed E-state index contributed by atoms with van der Waals surface area (Å²) in [7, 11) is 0. The zero-order chi connectivity index (χ0) is 23.6. The first-order valence-electron chi connectivity index (χ1n) is 9.09. The lowest BCUT2D eigenvalue weighted by Crippen LogP contribution is -2.58. The predicted octanol–water partition coefficient (Wildman–Crippen LogP) is -2.13. The van der Waals surface area contributed by atoms with Gasteiger partial charge in [0.25, 0.3) is 0 Å². The summed E-state index contributed by atoms with van der Waals surface area (Å²) in [6.07, 6.45) is -1.46. The summed E-state index contributed by atoms with van der Waals surface area (Å²) in [5.41, 5.74) is 5.47. The molecule has 0 heterocycles. The Kier molecular flexibility index (Phi) is 11.0. The van der Waals surface area contributed by atoms with Crippen molar-refractivity contribution < 1.29 is 44.1 Å². The average Bonchev–Trinajstić information content (AvgIpc) is 2.61. The van der Waals surface area contributed by atoms with Crippen LogP contribution in [0.5, 0.6) is 0 Å². The molecular formula is C17H28N4O9. The molecule has 30 heavy (non-hydrogen) atoms. The van der Waals surface area contributed by atoms with Gasteiger partial charge in [-0.15, -0.1) is 0 Å². The highest BCUT2D eigenvalue weighted by Crippen LogP contribution is 2.06. The highest BCUT2D eigenvalue weighted by Gasteiger charge is 2.31. The molecule has 0 aromatic heterocycles. The van der Waals surface area contributed by atoms with Crippen LogP contribution in [-0.4, -0.2) is 75.1 Å². The number of nitrogens with one attached hydrogen (secondary N) is 3. The fourth-order valence-electron chi connectivity index (χ4n) is 2.25. The number of carboxylic acid groups (broad SMARTS) is 3. The minimum Gasteiger partial charge on any atom is -0.481 e.